The van der Waals surface area contributed by atoms with Gasteiger partial charge in [-0.2, -0.15) is 132 Å². The Morgan fingerprint density at radius 2 is 0.566 bits per heavy atom. The van der Waals surface area contributed by atoms with Gasteiger partial charge in [0.25, 0.3) is 0 Å². The number of halogens is 30. The van der Waals surface area contributed by atoms with Gasteiger partial charge in [-0.15, -0.1) is 0 Å². The summed E-state index contributed by atoms with van der Waals surface area (Å²) in [6, 6.07) is 7.46. The first-order chi connectivity index (χ1) is 62.7. The molecule has 5 aromatic carbocycles. The smallest absolute Gasteiger partial charge is 0.417 e. The lowest BCUT2D eigenvalue weighted by Crippen LogP contribution is -2.51. The van der Waals surface area contributed by atoms with Gasteiger partial charge < -0.3 is 92.4 Å². The molecule has 6 atom stereocenters. The van der Waals surface area contributed by atoms with Gasteiger partial charge in [-0.05, 0) is 43.7 Å². The van der Waals surface area contributed by atoms with E-state index in [1.165, 1.54) is 21.1 Å². The fourth-order valence-electron chi connectivity index (χ4n) is 15.4. The Hall–Kier alpha value is -12.6. The molecule has 0 amide bonds. The summed E-state index contributed by atoms with van der Waals surface area (Å²) in [7, 11) is 2.60. The zero-order chi connectivity index (χ0) is 101. The van der Waals surface area contributed by atoms with Gasteiger partial charge in [0.2, 0.25) is 27.8 Å². The first kappa shape index (κ1) is 104. The summed E-state index contributed by atoms with van der Waals surface area (Å²) in [5.41, 5.74) is -13.0. The number of aromatic nitrogens is 5. The number of esters is 1. The van der Waals surface area contributed by atoms with Crippen molar-refractivity contribution in [3.8, 4) is 28.7 Å². The Kier molecular flexibility index (Phi) is 29.7. The van der Waals surface area contributed by atoms with E-state index in [1.807, 2.05) is 0 Å². The number of nitrogens with zero attached hydrogens (tertiary/aromatic N) is 5. The van der Waals surface area contributed by atoms with Crippen molar-refractivity contribution in [3.63, 3.8) is 0 Å². The quantitative estimate of drug-likeness (QED) is 0.0462. The predicted octanol–water partition coefficient (Wildman–Crippen LogP) is 17.0. The molecular formula is C81H70F30N10O15. The third-order valence-corrected chi connectivity index (χ3v) is 21.0. The largest absolute Gasteiger partial charge is 0.489 e. The number of fused-ring (bicyclic) bond motifs is 10. The number of alkyl halides is 30. The van der Waals surface area contributed by atoms with Crippen molar-refractivity contribution in [3.05, 3.63) is 171 Å². The first-order valence-corrected chi connectivity index (χ1v) is 39.2. The van der Waals surface area contributed by atoms with Gasteiger partial charge in [-0.25, -0.2) is 0 Å². The van der Waals surface area contributed by atoms with E-state index in [0.717, 1.165) is 92.1 Å². The number of pyridine rings is 5. The average molecular weight is 1990 g/mol. The number of nitrogens with one attached hydrogen (secondary N) is 5. The van der Waals surface area contributed by atoms with Crippen LogP contribution in [0.1, 0.15) is 55.0 Å². The number of ether oxygens (including phenoxy) is 8. The Bertz CT molecular complexity index is 6210. The van der Waals surface area contributed by atoms with Gasteiger partial charge in [0.05, 0.1) is 134 Å². The van der Waals surface area contributed by atoms with Gasteiger partial charge in [0, 0.05) is 109 Å². The van der Waals surface area contributed by atoms with Crippen molar-refractivity contribution >= 4 is 88.9 Å². The summed E-state index contributed by atoms with van der Waals surface area (Å²) in [4.78, 5) is 84.3. The Morgan fingerprint density at radius 1 is 0.346 bits per heavy atom. The molecule has 55 heteroatoms. The van der Waals surface area contributed by atoms with Crippen LogP contribution < -0.4 is 76.0 Å². The number of aromatic amines is 5. The normalized spacial score (nSPS) is 18.2. The fourth-order valence-corrected chi connectivity index (χ4v) is 15.4. The number of carbonyl (C=O) groups excluding carboxylic acids is 1. The summed E-state index contributed by atoms with van der Waals surface area (Å²) < 4.78 is 437. The lowest BCUT2D eigenvalue weighted by atomic mass is 10.0. The van der Waals surface area contributed by atoms with E-state index in [0.29, 0.717) is 36.8 Å². The van der Waals surface area contributed by atoms with E-state index in [9.17, 15) is 166 Å². The topological polar surface area (TPSA) is 292 Å². The van der Waals surface area contributed by atoms with Crippen LogP contribution in [0, 0.1) is 0 Å². The molecule has 0 fully saturated rings. The van der Waals surface area contributed by atoms with Crippen LogP contribution in [-0.2, 0) is 49.9 Å². The zero-order valence-corrected chi connectivity index (χ0v) is 69.8. The summed E-state index contributed by atoms with van der Waals surface area (Å²) in [6.07, 6.45) is -47.5. The van der Waals surface area contributed by atoms with E-state index in [4.69, 9.17) is 37.9 Å². The molecule has 0 spiro atoms. The van der Waals surface area contributed by atoms with Crippen molar-refractivity contribution in [2.45, 2.75) is 125 Å². The average Bonchev–Trinajstić information content (AvgIpc) is 0.760. The number of aliphatic hydroxyl groups excluding tert-OH is 1. The maximum Gasteiger partial charge on any atom is 0.417 e. The molecule has 10 aromatic rings. The molecule has 15 rings (SSSR count). The minimum absolute atomic E-state index is 0.00618. The van der Waals surface area contributed by atoms with Crippen LogP contribution in [0.3, 0.4) is 0 Å². The second-order valence-corrected chi connectivity index (χ2v) is 30.8. The van der Waals surface area contributed by atoms with Crippen LogP contribution in [0.15, 0.2) is 115 Å². The third-order valence-electron chi connectivity index (χ3n) is 21.0. The van der Waals surface area contributed by atoms with Crippen molar-refractivity contribution in [1.29, 1.82) is 0 Å². The highest BCUT2D eigenvalue weighted by atomic mass is 19.4. The molecule has 5 aliphatic rings. The molecule has 4 unspecified atom stereocenters. The maximum absolute atomic E-state index is 13.3. The molecule has 25 nitrogen and oxygen atoms in total. The van der Waals surface area contributed by atoms with Crippen LogP contribution >= 0.6 is 0 Å². The van der Waals surface area contributed by atoms with Gasteiger partial charge in [-0.1, -0.05) is 6.92 Å². The molecule has 0 saturated carbocycles. The first-order valence-electron chi connectivity index (χ1n) is 39.2. The number of carbonyl (C=O) groups is 1. The summed E-state index contributed by atoms with van der Waals surface area (Å²) in [5.74, 6) is -1.05. The van der Waals surface area contributed by atoms with Gasteiger partial charge in [0.15, 0.2) is 0 Å². The second kappa shape index (κ2) is 38.9. The molecule has 5 aliphatic heterocycles. The summed E-state index contributed by atoms with van der Waals surface area (Å²) in [6.45, 7) is -4.91. The number of rotatable bonds is 13. The minimum Gasteiger partial charge on any atom is -0.489 e. The van der Waals surface area contributed by atoms with Gasteiger partial charge in [-0.3, -0.25) is 28.8 Å². The monoisotopic (exact) mass is 1990 g/mol. The number of anilines is 5. The molecule has 0 bridgehead atoms. The van der Waals surface area contributed by atoms with Crippen LogP contribution in [-0.4, -0.2) is 203 Å². The third kappa shape index (κ3) is 25.0. The summed E-state index contributed by atoms with van der Waals surface area (Å²) in [5, 5.41) is 7.11. The van der Waals surface area contributed by atoms with Crippen molar-refractivity contribution in [2.75, 3.05) is 124 Å². The van der Waals surface area contributed by atoms with Gasteiger partial charge >= 0.3 is 67.7 Å². The number of benzene rings is 5. The molecular weight excluding hydrogens is 1920 g/mol. The molecule has 744 valence electrons. The van der Waals surface area contributed by atoms with Crippen molar-refractivity contribution in [1.82, 2.24) is 24.9 Å². The molecule has 0 radical (unpaired) electrons. The van der Waals surface area contributed by atoms with Crippen molar-refractivity contribution in [2.24, 2.45) is 0 Å². The Labute approximate surface area is 740 Å². The minimum atomic E-state index is -4.90. The fraction of sp³-hybridized carbons (Fsp3) is 0.432. The van der Waals surface area contributed by atoms with E-state index >= 15 is 0 Å². The number of hydrogen-bond acceptors (Lipinski definition) is 20. The van der Waals surface area contributed by atoms with Gasteiger partial charge in [0.1, 0.15) is 101 Å². The molecule has 0 aliphatic carbocycles. The van der Waals surface area contributed by atoms with E-state index < -0.39 is 233 Å². The Balaban J connectivity index is 0.000000163. The standard InChI is InChI=1S/C17H14F6N2O4.C17H16F6N2O2.2C16H14F6N2O3.C15H12F6N2O3/c1-8(26)28-5-9-6-29-14-4-12-10(2-13(14)25(9)7-16(18,19)20)11(17(21,22)23)3-15(27)24-12;1-3-13-8(2)25(7-16(18,19)20)12-4-9-10(17(21,22)23)5-15(26)24-11(9)6-14(12)27-13;2*1-26-5-8-6-27-13-4-11-9(2-12(13)24(8)7-15(17,18)19)10(16(20,21)22)3-14(25)23-11;16-14(17,18)6-23-7(4-24)5-26-12-3-10-8(1-11(12)23)9(15(19,20)21)2-13(25)22-10/h2-4,9H,5-7H2,1H3,(H,24,27);4-6,8,13H,3,7H2,1-2H3,(H,24,26);2*2-4,8H,5-7H2,1H3,(H,23,25);1-3,7,24H,4-6H2,(H,22,25)/t;8-,13+;;;/m.1.../s1. The van der Waals surface area contributed by atoms with E-state index in [2.05, 4.69) is 24.9 Å². The van der Waals surface area contributed by atoms with E-state index in [-0.39, 0.29) is 124 Å². The SMILES string of the molecule is CC(=O)OCC1COc2cc3[nH]c(=O)cc(C(F)(F)F)c3cc2N1CC(F)(F)F.CC[C@@H]1Oc2cc3[nH]c(=O)cc(C(F)(F)F)c3cc2N(CC(F)(F)F)[C@@H]1C.COCC1COc2cc3[nH]c(=O)cc(C(F)(F)F)c3cc2N1CC(F)(F)F.COCC1COc2cc3[nH]c(=O)cc(C(F)(F)F)c3cc2N1CC(F)(F)F.O=c1cc(C(F)(F)F)c2cc3c(cc2[nH]1)OCC(CO)N3CC(F)(F)F. The van der Waals surface area contributed by atoms with Crippen molar-refractivity contribution < 1.29 is 180 Å². The van der Waals surface area contributed by atoms with E-state index in [1.54, 1.807) is 6.92 Å². The highest BCUT2D eigenvalue weighted by Crippen LogP contribution is 2.50. The molecule has 136 heavy (non-hydrogen) atoms. The maximum atomic E-state index is 13.3. The molecule has 5 aromatic heterocycles. The predicted molar refractivity (Wildman–Crippen MR) is 424 cm³/mol. The summed E-state index contributed by atoms with van der Waals surface area (Å²) >= 11 is 0. The number of hydrogen-bond donors (Lipinski definition) is 6. The molecule has 6 N–H and O–H groups in total. The second-order valence-electron chi connectivity index (χ2n) is 30.8. The molecule has 10 heterocycles. The zero-order valence-electron chi connectivity index (χ0n) is 69.8. The number of methoxy groups -OCH3 is 2. The van der Waals surface area contributed by atoms with Crippen LogP contribution in [0.25, 0.3) is 54.5 Å². The van der Waals surface area contributed by atoms with Crippen LogP contribution in [0.5, 0.6) is 28.7 Å². The molecule has 0 saturated heterocycles. The lowest BCUT2D eigenvalue weighted by Gasteiger charge is -2.42. The van der Waals surface area contributed by atoms with Crippen LogP contribution in [0.4, 0.5) is 160 Å². The lowest BCUT2D eigenvalue weighted by molar-refractivity contribution is -0.142. The Morgan fingerprint density at radius 3 is 0.787 bits per heavy atom. The van der Waals surface area contributed by atoms with Crippen LogP contribution in [0.2, 0.25) is 0 Å². The highest BCUT2D eigenvalue weighted by Gasteiger charge is 2.48. The number of H-pyrrole nitrogens is 5. The highest BCUT2D eigenvalue weighted by molar-refractivity contribution is 5.94. The number of aliphatic hydroxyl groups is 1.